The molecule has 3 aromatic rings. The summed E-state index contributed by atoms with van der Waals surface area (Å²) in [6.07, 6.45) is 2.54. The molecule has 2 fully saturated rings. The number of aliphatic hydroxyl groups excluding tert-OH is 1. The second-order valence-corrected chi connectivity index (χ2v) is 8.60. The van der Waals surface area contributed by atoms with Crippen LogP contribution in [0.2, 0.25) is 0 Å². The summed E-state index contributed by atoms with van der Waals surface area (Å²) < 4.78 is 17.0. The summed E-state index contributed by atoms with van der Waals surface area (Å²) in [6.45, 7) is 3.90. The third-order valence-corrected chi connectivity index (χ3v) is 6.58. The molecular formula is C23H24N4O4. The number of aliphatic hydroxyl groups is 1. The predicted molar refractivity (Wildman–Crippen MR) is 113 cm³/mol. The lowest BCUT2D eigenvalue weighted by Crippen LogP contribution is -2.42. The maximum atomic E-state index is 10.8. The van der Waals surface area contributed by atoms with E-state index in [4.69, 9.17) is 19.2 Å². The molecule has 2 aliphatic heterocycles. The zero-order valence-electron chi connectivity index (χ0n) is 17.3. The number of benzene rings is 1. The van der Waals surface area contributed by atoms with Crippen molar-refractivity contribution >= 4 is 16.9 Å². The summed E-state index contributed by atoms with van der Waals surface area (Å²) in [4.78, 5) is 15.9. The molecule has 1 saturated carbocycles. The van der Waals surface area contributed by atoms with Crippen LogP contribution in [0.1, 0.15) is 18.7 Å². The molecule has 31 heavy (non-hydrogen) atoms. The van der Waals surface area contributed by atoms with E-state index in [0.29, 0.717) is 23.3 Å². The summed E-state index contributed by atoms with van der Waals surface area (Å²) in [5, 5.41) is 11.8. The second-order valence-electron chi connectivity index (χ2n) is 8.60. The quantitative estimate of drug-likeness (QED) is 0.692. The lowest BCUT2D eigenvalue weighted by molar-refractivity contribution is -0.0232. The molecule has 2 aromatic heterocycles. The van der Waals surface area contributed by atoms with Crippen molar-refractivity contribution < 1.29 is 19.3 Å². The number of hydrogen-bond acceptors (Lipinski definition) is 8. The van der Waals surface area contributed by atoms with Crippen LogP contribution in [0.4, 0.5) is 5.82 Å². The highest BCUT2D eigenvalue weighted by Gasteiger charge is 2.43. The molecule has 0 amide bonds. The highest BCUT2D eigenvalue weighted by Crippen LogP contribution is 2.41. The fourth-order valence-corrected chi connectivity index (χ4v) is 5.11. The molecule has 0 unspecified atom stereocenters. The van der Waals surface area contributed by atoms with E-state index in [9.17, 15) is 5.11 Å². The zero-order chi connectivity index (χ0) is 20.9. The first-order valence-corrected chi connectivity index (χ1v) is 10.7. The molecule has 8 heteroatoms. The molecule has 4 heterocycles. The average molecular weight is 420 g/mol. The number of rotatable bonds is 3. The maximum absolute atomic E-state index is 10.8. The Balaban J connectivity index is 1.21. The molecular weight excluding hydrogens is 396 g/mol. The Bertz CT molecular complexity index is 1140. The van der Waals surface area contributed by atoms with Crippen molar-refractivity contribution in [3.8, 4) is 17.2 Å². The summed E-state index contributed by atoms with van der Waals surface area (Å²) in [5.41, 5.74) is 0.726. The molecule has 1 saturated heterocycles. The van der Waals surface area contributed by atoms with Crippen molar-refractivity contribution in [1.82, 2.24) is 15.0 Å². The van der Waals surface area contributed by atoms with E-state index < -0.39 is 6.10 Å². The van der Waals surface area contributed by atoms with Crippen LogP contribution in [-0.4, -0.2) is 52.1 Å². The van der Waals surface area contributed by atoms with E-state index in [2.05, 4.69) is 14.9 Å². The fraction of sp³-hybridized carbons (Fsp3) is 0.435. The van der Waals surface area contributed by atoms with Crippen molar-refractivity contribution in [2.45, 2.75) is 32.0 Å². The van der Waals surface area contributed by atoms with Crippen molar-refractivity contribution in [3.05, 3.63) is 42.4 Å². The van der Waals surface area contributed by atoms with E-state index >= 15 is 0 Å². The van der Waals surface area contributed by atoms with Crippen LogP contribution in [0.25, 0.3) is 11.0 Å². The minimum Gasteiger partial charge on any atom is -0.488 e. The lowest BCUT2D eigenvalue weighted by atomic mass is 9.78. The summed E-state index contributed by atoms with van der Waals surface area (Å²) >= 11 is 0. The van der Waals surface area contributed by atoms with Gasteiger partial charge in [-0.25, -0.2) is 15.0 Å². The Hall–Kier alpha value is -3.13. The first-order chi connectivity index (χ1) is 15.1. The van der Waals surface area contributed by atoms with Gasteiger partial charge in [0.1, 0.15) is 23.5 Å². The van der Waals surface area contributed by atoms with Gasteiger partial charge in [0.05, 0.1) is 11.5 Å². The van der Waals surface area contributed by atoms with E-state index in [1.54, 1.807) is 6.20 Å². The van der Waals surface area contributed by atoms with E-state index in [1.165, 1.54) is 0 Å². The Morgan fingerprint density at radius 1 is 1.06 bits per heavy atom. The van der Waals surface area contributed by atoms with E-state index in [-0.39, 0.29) is 12.9 Å². The Kier molecular flexibility index (Phi) is 4.34. The SMILES string of the molecule is Cc1nc(N2C[C@H]3C[C@@H](Oc4ccc5c(c4)OCO5)[C@H](O)C[C@H]3C2)c2cccnc2n1. The minimum absolute atomic E-state index is 0.233. The number of nitrogens with zero attached hydrogens (tertiary/aromatic N) is 4. The number of aryl methyl sites for hydroxylation is 1. The van der Waals surface area contributed by atoms with Crippen LogP contribution >= 0.6 is 0 Å². The van der Waals surface area contributed by atoms with Gasteiger partial charge in [0.25, 0.3) is 0 Å². The lowest BCUT2D eigenvalue weighted by Gasteiger charge is -2.35. The van der Waals surface area contributed by atoms with Crippen LogP contribution < -0.4 is 19.1 Å². The molecule has 3 aliphatic rings. The van der Waals surface area contributed by atoms with Gasteiger partial charge >= 0.3 is 0 Å². The Morgan fingerprint density at radius 2 is 1.90 bits per heavy atom. The molecule has 1 aromatic carbocycles. The van der Waals surface area contributed by atoms with Gasteiger partial charge in [-0.1, -0.05) is 0 Å². The number of aromatic nitrogens is 3. The molecule has 160 valence electrons. The monoisotopic (exact) mass is 420 g/mol. The third-order valence-electron chi connectivity index (χ3n) is 6.58. The van der Waals surface area contributed by atoms with Crippen LogP contribution in [0, 0.1) is 18.8 Å². The van der Waals surface area contributed by atoms with Gasteiger partial charge in [0.15, 0.2) is 17.1 Å². The van der Waals surface area contributed by atoms with E-state index in [1.807, 2.05) is 37.3 Å². The first kappa shape index (κ1) is 18.6. The predicted octanol–water partition coefficient (Wildman–Crippen LogP) is 2.72. The molecule has 4 atom stereocenters. The van der Waals surface area contributed by atoms with Crippen LogP contribution in [0.5, 0.6) is 17.2 Å². The average Bonchev–Trinajstić information content (AvgIpc) is 3.39. The van der Waals surface area contributed by atoms with Gasteiger partial charge in [-0.2, -0.15) is 0 Å². The summed E-state index contributed by atoms with van der Waals surface area (Å²) in [6, 6.07) is 9.51. The Labute approximate surface area is 179 Å². The molecule has 6 rings (SSSR count). The van der Waals surface area contributed by atoms with Crippen LogP contribution in [0.15, 0.2) is 36.5 Å². The zero-order valence-corrected chi connectivity index (χ0v) is 17.3. The maximum Gasteiger partial charge on any atom is 0.231 e. The fourth-order valence-electron chi connectivity index (χ4n) is 5.11. The van der Waals surface area contributed by atoms with E-state index in [0.717, 1.165) is 54.4 Å². The number of fused-ring (bicyclic) bond motifs is 3. The van der Waals surface area contributed by atoms with Gasteiger partial charge in [-0.15, -0.1) is 0 Å². The molecule has 0 radical (unpaired) electrons. The molecule has 8 nitrogen and oxygen atoms in total. The topological polar surface area (TPSA) is 89.8 Å². The number of hydrogen-bond donors (Lipinski definition) is 1. The van der Waals surface area contributed by atoms with Gasteiger partial charge in [0.2, 0.25) is 6.79 Å². The number of anilines is 1. The van der Waals surface area contributed by atoms with Gasteiger partial charge in [-0.05, 0) is 55.9 Å². The van der Waals surface area contributed by atoms with Gasteiger partial charge in [0, 0.05) is 25.4 Å². The van der Waals surface area contributed by atoms with Gasteiger partial charge < -0.3 is 24.2 Å². The second kappa shape index (κ2) is 7.23. The summed E-state index contributed by atoms with van der Waals surface area (Å²) in [7, 11) is 0. The molecule has 0 bridgehead atoms. The largest absolute Gasteiger partial charge is 0.488 e. The van der Waals surface area contributed by atoms with Crippen LogP contribution in [0.3, 0.4) is 0 Å². The van der Waals surface area contributed by atoms with Crippen molar-refractivity contribution in [2.24, 2.45) is 11.8 Å². The van der Waals surface area contributed by atoms with Gasteiger partial charge in [-0.3, -0.25) is 0 Å². The van der Waals surface area contributed by atoms with Crippen molar-refractivity contribution in [1.29, 1.82) is 0 Å². The van der Waals surface area contributed by atoms with Crippen molar-refractivity contribution in [2.75, 3.05) is 24.8 Å². The number of ether oxygens (including phenoxy) is 3. The highest BCUT2D eigenvalue weighted by molar-refractivity contribution is 5.87. The van der Waals surface area contributed by atoms with Crippen molar-refractivity contribution in [3.63, 3.8) is 0 Å². The summed E-state index contributed by atoms with van der Waals surface area (Å²) in [5.74, 6) is 4.62. The minimum atomic E-state index is -0.503. The smallest absolute Gasteiger partial charge is 0.231 e. The Morgan fingerprint density at radius 3 is 2.81 bits per heavy atom. The first-order valence-electron chi connectivity index (χ1n) is 10.7. The molecule has 0 spiro atoms. The molecule has 1 N–H and O–H groups in total. The van der Waals surface area contributed by atoms with Crippen LogP contribution in [-0.2, 0) is 0 Å². The molecule has 1 aliphatic carbocycles. The normalized spacial score (nSPS) is 26.8. The third kappa shape index (κ3) is 3.31. The highest BCUT2D eigenvalue weighted by atomic mass is 16.7. The number of pyridine rings is 1. The standard InChI is InChI=1S/C23H24N4O4/c1-13-25-22-17(3-2-6-24-22)23(26-13)27-10-14-7-18(28)20(8-15(14)11-27)31-16-4-5-19-21(9-16)30-12-29-19/h2-6,9,14-15,18,20,28H,7-8,10-12H2,1H3/t14-,15+,18+,20+/m0/s1.